The van der Waals surface area contributed by atoms with Crippen molar-refractivity contribution in [2.24, 2.45) is 0 Å². The first-order valence-electron chi connectivity index (χ1n) is 6.60. The highest BCUT2D eigenvalue weighted by molar-refractivity contribution is 7.90. The third-order valence-electron chi connectivity index (χ3n) is 3.37. The van der Waals surface area contributed by atoms with Gasteiger partial charge in [-0.25, -0.2) is 4.98 Å². The molecule has 0 saturated heterocycles. The van der Waals surface area contributed by atoms with Crippen LogP contribution in [0.4, 0.5) is 0 Å². The summed E-state index contributed by atoms with van der Waals surface area (Å²) in [6.45, 7) is 5.40. The molecule has 0 unspecified atom stereocenters. The molecule has 0 aliphatic heterocycles. The topological polar surface area (TPSA) is 66.1 Å². The molecule has 0 fully saturated rings. The largest absolute Gasteiger partial charge is 0.289 e. The number of aryl methyl sites for hydroxylation is 3. The average Bonchev–Trinajstić information content (AvgIpc) is 2.77. The fourth-order valence-corrected chi connectivity index (χ4v) is 3.97. The molecule has 2 heterocycles. The molecule has 3 rings (SSSR count). The van der Waals surface area contributed by atoms with Crippen molar-refractivity contribution in [1.82, 2.24) is 9.19 Å². The summed E-state index contributed by atoms with van der Waals surface area (Å²) in [5.41, 5.74) is 2.78. The van der Waals surface area contributed by atoms with Crippen molar-refractivity contribution in [1.29, 1.82) is 0 Å². The van der Waals surface area contributed by atoms with Gasteiger partial charge in [0, 0.05) is 18.4 Å². The number of hydrogen-bond acceptors (Lipinski definition) is 3. The quantitative estimate of drug-likeness (QED) is 0.727. The number of aromatic nitrogens is 3. The van der Waals surface area contributed by atoms with Crippen molar-refractivity contribution in [3.8, 4) is 0 Å². The van der Waals surface area contributed by atoms with E-state index in [1.807, 2.05) is 25.1 Å². The zero-order valence-corrected chi connectivity index (χ0v) is 12.9. The molecule has 1 aromatic carbocycles. The van der Waals surface area contributed by atoms with Crippen LogP contribution < -0.4 is 4.98 Å². The number of hydrogen-bond donors (Lipinski definition) is 0. The number of aromatic amines is 1. The number of para-hydroxylation sites is 1. The molecule has 0 aliphatic carbocycles. The Hall–Kier alpha value is -2.21. The lowest BCUT2D eigenvalue weighted by atomic mass is 10.2. The molecule has 0 saturated carbocycles. The molecule has 3 aromatic rings. The number of fused-ring (bicyclic) bond motifs is 1. The van der Waals surface area contributed by atoms with E-state index < -0.39 is 10.0 Å². The maximum absolute atomic E-state index is 12.9. The van der Waals surface area contributed by atoms with E-state index in [0.29, 0.717) is 16.9 Å². The van der Waals surface area contributed by atoms with Crippen LogP contribution >= 0.6 is 0 Å². The van der Waals surface area contributed by atoms with E-state index >= 15 is 0 Å². The third kappa shape index (κ3) is 2.21. The lowest BCUT2D eigenvalue weighted by Gasteiger charge is -2.06. The molecular weight excluding hydrogens is 286 g/mol. The predicted molar refractivity (Wildman–Crippen MR) is 79.5 cm³/mol. The Morgan fingerprint density at radius 3 is 2.52 bits per heavy atom. The van der Waals surface area contributed by atoms with Crippen LogP contribution in [0.3, 0.4) is 0 Å². The summed E-state index contributed by atoms with van der Waals surface area (Å²) in [6.07, 6.45) is 0. The second-order valence-electron chi connectivity index (χ2n) is 5.14. The zero-order chi connectivity index (χ0) is 15.2. The Labute approximate surface area is 123 Å². The van der Waals surface area contributed by atoms with Crippen LogP contribution in [0, 0.1) is 20.8 Å². The van der Waals surface area contributed by atoms with Gasteiger partial charge in [0.2, 0.25) is 5.52 Å². The molecule has 0 radical (unpaired) electrons. The predicted octanol–water partition coefficient (Wildman–Crippen LogP) is 2.01. The molecule has 1 N–H and O–H groups in total. The van der Waals surface area contributed by atoms with Gasteiger partial charge < -0.3 is 0 Å². The minimum atomic E-state index is -3.72. The fraction of sp³-hybridized carbons (Fsp3) is 0.200. The molecule has 0 amide bonds. The van der Waals surface area contributed by atoms with Gasteiger partial charge in [0.25, 0.3) is 10.0 Å². The van der Waals surface area contributed by atoms with E-state index in [-0.39, 0.29) is 4.90 Å². The van der Waals surface area contributed by atoms with Crippen molar-refractivity contribution in [2.45, 2.75) is 25.7 Å². The van der Waals surface area contributed by atoms with E-state index in [4.69, 9.17) is 0 Å². The number of nitrogens with zero attached hydrogens (tertiary/aromatic N) is 2. The molecule has 21 heavy (non-hydrogen) atoms. The summed E-state index contributed by atoms with van der Waals surface area (Å²) in [7, 11) is -3.72. The molecule has 6 heteroatoms. The molecule has 0 spiro atoms. The van der Waals surface area contributed by atoms with Gasteiger partial charge in [-0.2, -0.15) is 17.6 Å². The Bertz CT molecular complexity index is 943. The molecule has 5 nitrogen and oxygen atoms in total. The third-order valence-corrected chi connectivity index (χ3v) is 5.09. The smallest absolute Gasteiger partial charge is 0.207 e. The van der Waals surface area contributed by atoms with Gasteiger partial charge in [-0.15, -0.1) is 0 Å². The number of benzene rings is 1. The summed E-state index contributed by atoms with van der Waals surface area (Å²) >= 11 is 0. The van der Waals surface area contributed by atoms with Crippen LogP contribution in [0.25, 0.3) is 10.9 Å². The summed E-state index contributed by atoms with van der Waals surface area (Å²) in [6, 6.07) is 10.8. The van der Waals surface area contributed by atoms with Crippen LogP contribution in [-0.4, -0.2) is 17.6 Å². The van der Waals surface area contributed by atoms with Gasteiger partial charge in [-0.1, -0.05) is 6.07 Å². The summed E-state index contributed by atoms with van der Waals surface area (Å²) in [5.74, 6) is 0. The molecule has 2 aromatic heterocycles. The van der Waals surface area contributed by atoms with E-state index in [1.165, 1.54) is 0 Å². The molecule has 0 aliphatic rings. The molecule has 0 atom stereocenters. The first-order valence-corrected chi connectivity index (χ1v) is 8.04. The van der Waals surface area contributed by atoms with Gasteiger partial charge in [-0.3, -0.25) is 0 Å². The highest BCUT2D eigenvalue weighted by Crippen LogP contribution is 2.22. The first-order chi connectivity index (χ1) is 9.89. The molecule has 108 valence electrons. The van der Waals surface area contributed by atoms with Crippen LogP contribution in [0.5, 0.6) is 0 Å². The SMILES string of the molecule is Cc1cc(C)n(S(=O)(=O)c2cccc3ccc(C)[nH+]c23)n1. The number of pyridine rings is 1. The van der Waals surface area contributed by atoms with Crippen molar-refractivity contribution < 1.29 is 13.4 Å². The number of H-pyrrole nitrogens is 1. The van der Waals surface area contributed by atoms with E-state index in [2.05, 4.69) is 10.1 Å². The second-order valence-corrected chi connectivity index (χ2v) is 6.87. The first kappa shape index (κ1) is 13.8. The van der Waals surface area contributed by atoms with Crippen molar-refractivity contribution >= 4 is 20.9 Å². The Morgan fingerprint density at radius 2 is 1.86 bits per heavy atom. The minimum absolute atomic E-state index is 0.231. The highest BCUT2D eigenvalue weighted by atomic mass is 32.2. The van der Waals surface area contributed by atoms with Crippen LogP contribution in [0.2, 0.25) is 0 Å². The van der Waals surface area contributed by atoms with Crippen molar-refractivity contribution in [2.75, 3.05) is 0 Å². The summed E-state index contributed by atoms with van der Waals surface area (Å²) < 4.78 is 26.8. The normalized spacial score (nSPS) is 12.0. The standard InChI is InChI=1S/C15H15N3O2S/c1-10-7-8-13-5-4-6-14(15(13)16-10)21(19,20)18-12(3)9-11(2)17-18/h4-9H,1-3H3/p+1. The minimum Gasteiger partial charge on any atom is -0.207 e. The van der Waals surface area contributed by atoms with Gasteiger partial charge >= 0.3 is 0 Å². The van der Waals surface area contributed by atoms with E-state index in [9.17, 15) is 8.42 Å². The summed E-state index contributed by atoms with van der Waals surface area (Å²) in [5, 5.41) is 4.95. The Balaban J connectivity index is 2.34. The van der Waals surface area contributed by atoms with Crippen molar-refractivity contribution in [3.05, 3.63) is 53.5 Å². The lowest BCUT2D eigenvalue weighted by molar-refractivity contribution is -0.356. The van der Waals surface area contributed by atoms with Crippen LogP contribution in [0.1, 0.15) is 17.1 Å². The monoisotopic (exact) mass is 302 g/mol. The summed E-state index contributed by atoms with van der Waals surface area (Å²) in [4.78, 5) is 3.37. The highest BCUT2D eigenvalue weighted by Gasteiger charge is 2.26. The second kappa shape index (κ2) is 4.66. The molecule has 0 bridgehead atoms. The van der Waals surface area contributed by atoms with Gasteiger partial charge in [0.1, 0.15) is 0 Å². The van der Waals surface area contributed by atoms with Crippen LogP contribution in [-0.2, 0) is 10.0 Å². The van der Waals surface area contributed by atoms with Crippen molar-refractivity contribution in [3.63, 3.8) is 0 Å². The van der Waals surface area contributed by atoms with Crippen LogP contribution in [0.15, 0.2) is 41.3 Å². The zero-order valence-electron chi connectivity index (χ0n) is 12.1. The average molecular weight is 302 g/mol. The number of rotatable bonds is 2. The van der Waals surface area contributed by atoms with Gasteiger partial charge in [0.05, 0.1) is 11.4 Å². The Kier molecular flexibility index (Phi) is 3.06. The van der Waals surface area contributed by atoms with E-state index in [1.54, 1.807) is 32.0 Å². The maximum Gasteiger partial charge on any atom is 0.289 e. The van der Waals surface area contributed by atoms with E-state index in [0.717, 1.165) is 15.2 Å². The lowest BCUT2D eigenvalue weighted by Crippen LogP contribution is -2.20. The number of nitrogens with one attached hydrogen (secondary N) is 1. The maximum atomic E-state index is 12.9. The van der Waals surface area contributed by atoms with Gasteiger partial charge in [-0.05, 0) is 38.1 Å². The molecular formula is C15H16N3O2S+. The fourth-order valence-electron chi connectivity index (χ4n) is 2.43. The Morgan fingerprint density at radius 1 is 1.10 bits per heavy atom. The van der Waals surface area contributed by atoms with Gasteiger partial charge in [0.15, 0.2) is 10.6 Å².